The molecular weight excluding hydrogens is 492 g/mol. The Morgan fingerprint density at radius 2 is 1.63 bits per heavy atom. The normalized spacial score (nSPS) is 11.6. The number of carbonyl (C=O) groups excluding carboxylic acids is 2. The van der Waals surface area contributed by atoms with E-state index >= 15 is 0 Å². The summed E-state index contributed by atoms with van der Waals surface area (Å²) in [6, 6.07) is 8.32. The molecule has 0 aliphatic heterocycles. The fourth-order valence-corrected chi connectivity index (χ4v) is 3.87. The topological polar surface area (TPSA) is 117 Å². The molecule has 3 aromatic rings. The fraction of sp³-hybridized carbons (Fsp3) is 0.136. The molecule has 0 aliphatic rings. The first kappa shape index (κ1) is 25.6. The van der Waals surface area contributed by atoms with Gasteiger partial charge in [-0.15, -0.1) is 0 Å². The minimum atomic E-state index is -4.89. The van der Waals surface area contributed by atoms with Gasteiger partial charge in [0.1, 0.15) is 5.82 Å². The summed E-state index contributed by atoms with van der Waals surface area (Å²) in [5.74, 6) is -3.09. The van der Waals surface area contributed by atoms with E-state index in [4.69, 9.17) is 0 Å². The van der Waals surface area contributed by atoms with Gasteiger partial charge in [-0.1, -0.05) is 12.1 Å². The van der Waals surface area contributed by atoms with Crippen LogP contribution in [0.15, 0.2) is 59.6 Å². The number of hydrogen-bond acceptors (Lipinski definition) is 6. The summed E-state index contributed by atoms with van der Waals surface area (Å²) in [5, 5.41) is 7.41. The highest BCUT2D eigenvalue weighted by Crippen LogP contribution is 2.32. The average Bonchev–Trinajstić information content (AvgIpc) is 2.78. The summed E-state index contributed by atoms with van der Waals surface area (Å²) in [4.78, 5) is 28.7. The SMILES string of the molecule is CNC(=O)c1cnc(Nc2ccccc2S(C)(=O)=O)c(NC(=O)c2cc(F)cc(C(F)(F)F)c2)c1. The smallest absolute Gasteiger partial charge is 0.355 e. The van der Waals surface area contributed by atoms with Gasteiger partial charge in [0.25, 0.3) is 11.8 Å². The molecule has 0 radical (unpaired) electrons. The van der Waals surface area contributed by atoms with E-state index in [0.29, 0.717) is 12.1 Å². The molecule has 3 N–H and O–H groups in total. The monoisotopic (exact) mass is 510 g/mol. The molecule has 0 saturated heterocycles. The standard InChI is InChI=1S/C22H18F4N4O4S/c1-27-20(31)13-9-17(30-21(32)12-7-14(22(24,25)26)10-15(23)8-12)19(28-11-13)29-16-5-3-4-6-18(16)35(2,33)34/h3-11H,1-2H3,(H,27,31)(H,28,29)(H,30,32). The number of sulfone groups is 1. The van der Waals surface area contributed by atoms with Gasteiger partial charge in [0.05, 0.1) is 27.4 Å². The van der Waals surface area contributed by atoms with E-state index in [1.807, 2.05) is 0 Å². The zero-order valence-corrected chi connectivity index (χ0v) is 19.0. The highest BCUT2D eigenvalue weighted by atomic mass is 32.2. The third-order valence-corrected chi connectivity index (χ3v) is 5.81. The third kappa shape index (κ3) is 6.12. The number of anilines is 3. The molecule has 0 spiro atoms. The number of alkyl halides is 3. The Bertz CT molecular complexity index is 1410. The van der Waals surface area contributed by atoms with Crippen molar-refractivity contribution < 1.29 is 35.6 Å². The van der Waals surface area contributed by atoms with Crippen LogP contribution in [0.25, 0.3) is 0 Å². The molecule has 0 saturated carbocycles. The molecule has 0 fully saturated rings. The van der Waals surface area contributed by atoms with E-state index in [1.54, 1.807) is 6.07 Å². The van der Waals surface area contributed by atoms with Crippen LogP contribution >= 0.6 is 0 Å². The van der Waals surface area contributed by atoms with Crippen LogP contribution in [0.4, 0.5) is 34.8 Å². The predicted octanol–water partition coefficient (Wildman–Crippen LogP) is 4.00. The number of rotatable bonds is 6. The van der Waals surface area contributed by atoms with Crippen LogP contribution in [0, 0.1) is 5.82 Å². The minimum Gasteiger partial charge on any atom is -0.355 e. The van der Waals surface area contributed by atoms with Crippen LogP contribution in [0.1, 0.15) is 26.3 Å². The number of amides is 2. The van der Waals surface area contributed by atoms with Gasteiger partial charge in [0.15, 0.2) is 15.7 Å². The highest BCUT2D eigenvalue weighted by Gasteiger charge is 2.32. The molecule has 2 aromatic carbocycles. The number of pyridine rings is 1. The number of para-hydroxylation sites is 1. The molecule has 0 atom stereocenters. The second-order valence-electron chi connectivity index (χ2n) is 7.27. The van der Waals surface area contributed by atoms with Crippen LogP contribution in [0.5, 0.6) is 0 Å². The first-order valence-corrected chi connectivity index (χ1v) is 11.7. The quantitative estimate of drug-likeness (QED) is 0.432. The molecule has 0 aliphatic carbocycles. The van der Waals surface area contributed by atoms with Gasteiger partial charge in [-0.05, 0) is 36.4 Å². The van der Waals surface area contributed by atoms with Crippen LogP contribution in [0.2, 0.25) is 0 Å². The number of aromatic nitrogens is 1. The molecule has 8 nitrogen and oxygen atoms in total. The molecule has 1 aromatic heterocycles. The van der Waals surface area contributed by atoms with E-state index in [2.05, 4.69) is 20.9 Å². The molecule has 2 amide bonds. The van der Waals surface area contributed by atoms with Crippen molar-refractivity contribution in [1.82, 2.24) is 10.3 Å². The lowest BCUT2D eigenvalue weighted by Crippen LogP contribution is -2.20. The second-order valence-corrected chi connectivity index (χ2v) is 9.26. The Kier molecular flexibility index (Phi) is 7.10. The van der Waals surface area contributed by atoms with Crippen molar-refractivity contribution in [2.45, 2.75) is 11.1 Å². The zero-order valence-electron chi connectivity index (χ0n) is 18.2. The van der Waals surface area contributed by atoms with Crippen molar-refractivity contribution in [1.29, 1.82) is 0 Å². The number of hydrogen-bond donors (Lipinski definition) is 3. The summed E-state index contributed by atoms with van der Waals surface area (Å²) in [5.41, 5.74) is -2.08. The highest BCUT2D eigenvalue weighted by molar-refractivity contribution is 7.90. The average molecular weight is 510 g/mol. The van der Waals surface area contributed by atoms with E-state index in [9.17, 15) is 35.6 Å². The molecule has 184 valence electrons. The van der Waals surface area contributed by atoms with Crippen molar-refractivity contribution in [2.75, 3.05) is 23.9 Å². The van der Waals surface area contributed by atoms with Crippen LogP contribution < -0.4 is 16.0 Å². The molecule has 0 bridgehead atoms. The van der Waals surface area contributed by atoms with E-state index < -0.39 is 44.8 Å². The Morgan fingerprint density at radius 1 is 0.943 bits per heavy atom. The Hall–Kier alpha value is -4.00. The molecule has 3 rings (SSSR count). The van der Waals surface area contributed by atoms with Gasteiger partial charge in [0.2, 0.25) is 0 Å². The van der Waals surface area contributed by atoms with Gasteiger partial charge in [-0.25, -0.2) is 17.8 Å². The third-order valence-electron chi connectivity index (χ3n) is 4.65. The maximum atomic E-state index is 13.8. The van der Waals surface area contributed by atoms with E-state index in [1.165, 1.54) is 31.3 Å². The fourth-order valence-electron chi connectivity index (χ4n) is 3.03. The van der Waals surface area contributed by atoms with Crippen molar-refractivity contribution in [3.63, 3.8) is 0 Å². The molecular formula is C22H18F4N4O4S. The van der Waals surface area contributed by atoms with Crippen molar-refractivity contribution in [3.05, 3.63) is 77.2 Å². The van der Waals surface area contributed by atoms with Crippen LogP contribution in [-0.2, 0) is 16.0 Å². The van der Waals surface area contributed by atoms with E-state index in [0.717, 1.165) is 12.5 Å². The van der Waals surface area contributed by atoms with Gasteiger partial charge in [-0.3, -0.25) is 9.59 Å². The summed E-state index contributed by atoms with van der Waals surface area (Å²) >= 11 is 0. The number of nitrogens with one attached hydrogen (secondary N) is 3. The first-order chi connectivity index (χ1) is 16.3. The van der Waals surface area contributed by atoms with Crippen molar-refractivity contribution in [3.8, 4) is 0 Å². The minimum absolute atomic E-state index is 0.0139. The lowest BCUT2D eigenvalue weighted by atomic mass is 10.1. The van der Waals surface area contributed by atoms with Gasteiger partial charge in [0, 0.05) is 25.1 Å². The predicted molar refractivity (Wildman–Crippen MR) is 120 cm³/mol. The number of halogens is 4. The van der Waals surface area contributed by atoms with Crippen molar-refractivity contribution in [2.24, 2.45) is 0 Å². The van der Waals surface area contributed by atoms with Crippen LogP contribution in [0.3, 0.4) is 0 Å². The van der Waals surface area contributed by atoms with Gasteiger partial charge >= 0.3 is 6.18 Å². The second kappa shape index (κ2) is 9.70. The summed E-state index contributed by atoms with van der Waals surface area (Å²) in [7, 11) is -2.32. The molecule has 35 heavy (non-hydrogen) atoms. The van der Waals surface area contributed by atoms with Crippen LogP contribution in [-0.4, -0.2) is 38.5 Å². The Labute approximate surface area is 197 Å². The number of carbonyl (C=O) groups is 2. The maximum absolute atomic E-state index is 13.8. The lowest BCUT2D eigenvalue weighted by Gasteiger charge is -2.16. The van der Waals surface area contributed by atoms with Crippen molar-refractivity contribution >= 4 is 38.8 Å². The van der Waals surface area contributed by atoms with Gasteiger partial charge < -0.3 is 16.0 Å². The summed E-state index contributed by atoms with van der Waals surface area (Å²) in [6.07, 6.45) is -2.76. The van der Waals surface area contributed by atoms with E-state index in [-0.39, 0.29) is 33.7 Å². The zero-order chi connectivity index (χ0) is 26.0. The number of nitrogens with zero attached hydrogens (tertiary/aromatic N) is 1. The molecule has 0 unspecified atom stereocenters. The maximum Gasteiger partial charge on any atom is 0.416 e. The summed E-state index contributed by atoms with van der Waals surface area (Å²) in [6.45, 7) is 0. The van der Waals surface area contributed by atoms with Gasteiger partial charge in [-0.2, -0.15) is 13.2 Å². The Morgan fingerprint density at radius 3 is 2.26 bits per heavy atom. The molecule has 13 heteroatoms. The summed E-state index contributed by atoms with van der Waals surface area (Å²) < 4.78 is 77.1. The molecule has 1 heterocycles. The largest absolute Gasteiger partial charge is 0.416 e. The Balaban J connectivity index is 2.05. The lowest BCUT2D eigenvalue weighted by molar-refractivity contribution is -0.137. The first-order valence-electron chi connectivity index (χ1n) is 9.77. The number of benzene rings is 2.